The molecule has 1 heterocycles. The van der Waals surface area contributed by atoms with Gasteiger partial charge in [0.25, 0.3) is 0 Å². The highest BCUT2D eigenvalue weighted by molar-refractivity contribution is 5.84. The van der Waals surface area contributed by atoms with Crippen molar-refractivity contribution in [1.29, 1.82) is 0 Å². The van der Waals surface area contributed by atoms with E-state index >= 15 is 0 Å². The van der Waals surface area contributed by atoms with Crippen molar-refractivity contribution in [3.8, 4) is 0 Å². The van der Waals surface area contributed by atoms with Gasteiger partial charge in [0.05, 0.1) is 6.61 Å². The first kappa shape index (κ1) is 13.9. The van der Waals surface area contributed by atoms with E-state index in [1.807, 2.05) is 0 Å². The van der Waals surface area contributed by atoms with E-state index in [1.54, 1.807) is 0 Å². The molecule has 17 heavy (non-hydrogen) atoms. The quantitative estimate of drug-likeness (QED) is 0.305. The average molecular weight is 250 g/mol. The second kappa shape index (κ2) is 5.43. The second-order valence-electron chi connectivity index (χ2n) is 3.64. The average Bonchev–Trinajstić information content (AvgIpc) is 2.30. The molecule has 0 aromatic rings. The zero-order chi connectivity index (χ0) is 13.2. The molecule has 0 unspecified atom stereocenters. The maximum Gasteiger partial charge on any atom is 0.370 e. The van der Waals surface area contributed by atoms with Crippen LogP contribution in [0.2, 0.25) is 0 Å². The Labute approximate surface area is 96.0 Å². The van der Waals surface area contributed by atoms with E-state index in [2.05, 4.69) is 0 Å². The number of rotatable bonds is 4. The van der Waals surface area contributed by atoms with Crippen molar-refractivity contribution >= 4 is 5.97 Å². The molecule has 0 saturated heterocycles. The lowest BCUT2D eigenvalue weighted by Gasteiger charge is -2.34. The summed E-state index contributed by atoms with van der Waals surface area (Å²) in [6, 6.07) is 0. The summed E-state index contributed by atoms with van der Waals surface area (Å²) in [6.07, 6.45) is -7.25. The van der Waals surface area contributed by atoms with Crippen LogP contribution in [0.1, 0.15) is 0 Å². The highest BCUT2D eigenvalue weighted by Gasteiger charge is 2.41. The molecule has 0 saturated carbocycles. The van der Waals surface area contributed by atoms with E-state index in [0.29, 0.717) is 0 Å². The number of carbonyl (C=O) groups is 1. The minimum Gasteiger partial charge on any atom is -0.478 e. The predicted molar refractivity (Wildman–Crippen MR) is 51.7 cm³/mol. The molecule has 6 N–H and O–H groups in total. The molecule has 0 radical (unpaired) electrons. The fourth-order valence-electron chi connectivity index (χ4n) is 1.42. The summed E-state index contributed by atoms with van der Waals surface area (Å²) in [4.78, 5) is 10.6. The van der Waals surface area contributed by atoms with Crippen LogP contribution in [0.3, 0.4) is 0 Å². The monoisotopic (exact) mass is 250 g/mol. The van der Waals surface area contributed by atoms with E-state index < -0.39 is 48.9 Å². The normalized spacial score (nSPS) is 32.3. The van der Waals surface area contributed by atoms with Gasteiger partial charge in [0.2, 0.25) is 5.76 Å². The Morgan fingerprint density at radius 3 is 2.47 bits per heavy atom. The summed E-state index contributed by atoms with van der Waals surface area (Å²) in [6.45, 7) is -0.796. The number of aliphatic hydroxyl groups excluding tert-OH is 5. The molecule has 8 heteroatoms. The molecule has 0 bridgehead atoms. The molecule has 0 spiro atoms. The molecular formula is C9H14O8. The molecule has 0 aliphatic carbocycles. The zero-order valence-corrected chi connectivity index (χ0v) is 8.67. The van der Waals surface area contributed by atoms with Crippen molar-refractivity contribution in [2.24, 2.45) is 0 Å². The van der Waals surface area contributed by atoms with E-state index in [9.17, 15) is 20.1 Å². The maximum atomic E-state index is 10.6. The lowest BCUT2D eigenvalue weighted by atomic mass is 9.96. The third-order valence-corrected chi connectivity index (χ3v) is 2.40. The number of hydrogen-bond donors (Lipinski definition) is 6. The van der Waals surface area contributed by atoms with Crippen molar-refractivity contribution in [2.75, 3.05) is 6.61 Å². The molecule has 5 atom stereocenters. The minimum absolute atomic E-state index is 0.642. The summed E-state index contributed by atoms with van der Waals surface area (Å²) in [7, 11) is 0. The van der Waals surface area contributed by atoms with E-state index in [1.165, 1.54) is 0 Å². The van der Waals surface area contributed by atoms with Crippen LogP contribution in [0, 0.1) is 0 Å². The number of carboxylic acid groups (broad SMARTS) is 1. The first-order valence-corrected chi connectivity index (χ1v) is 4.83. The maximum absolute atomic E-state index is 10.6. The van der Waals surface area contributed by atoms with Crippen LogP contribution in [0.15, 0.2) is 11.8 Å². The summed E-state index contributed by atoms with van der Waals surface area (Å²) in [5, 5.41) is 54.8. The van der Waals surface area contributed by atoms with Crippen molar-refractivity contribution < 1.29 is 40.2 Å². The molecular weight excluding hydrogens is 236 g/mol. The first-order chi connectivity index (χ1) is 7.88. The van der Waals surface area contributed by atoms with Gasteiger partial charge in [-0.05, 0) is 6.08 Å². The van der Waals surface area contributed by atoms with Crippen LogP contribution in [0.5, 0.6) is 0 Å². The topological polar surface area (TPSA) is 148 Å². The van der Waals surface area contributed by atoms with E-state index in [0.717, 1.165) is 6.08 Å². The summed E-state index contributed by atoms with van der Waals surface area (Å²) >= 11 is 0. The highest BCUT2D eigenvalue weighted by Crippen LogP contribution is 2.22. The lowest BCUT2D eigenvalue weighted by molar-refractivity contribution is -0.164. The van der Waals surface area contributed by atoms with Crippen LogP contribution >= 0.6 is 0 Å². The number of ether oxygens (including phenoxy) is 1. The third-order valence-electron chi connectivity index (χ3n) is 2.40. The summed E-state index contributed by atoms with van der Waals surface area (Å²) < 4.78 is 4.75. The van der Waals surface area contributed by atoms with Gasteiger partial charge in [-0.25, -0.2) is 4.79 Å². The second-order valence-corrected chi connectivity index (χ2v) is 3.64. The van der Waals surface area contributed by atoms with Crippen LogP contribution in [0.4, 0.5) is 0 Å². The number of aliphatic carboxylic acids is 1. The van der Waals surface area contributed by atoms with Gasteiger partial charge >= 0.3 is 5.97 Å². The molecule has 0 aromatic carbocycles. The predicted octanol–water partition coefficient (Wildman–Crippen LogP) is -3.21. The summed E-state index contributed by atoms with van der Waals surface area (Å²) in [5.74, 6) is -2.12. The molecule has 0 amide bonds. The van der Waals surface area contributed by atoms with Crippen LogP contribution in [-0.4, -0.2) is 73.7 Å². The summed E-state index contributed by atoms with van der Waals surface area (Å²) in [5.41, 5.74) is 0. The fourth-order valence-corrected chi connectivity index (χ4v) is 1.42. The zero-order valence-electron chi connectivity index (χ0n) is 8.67. The van der Waals surface area contributed by atoms with Gasteiger partial charge in [0, 0.05) is 0 Å². The highest BCUT2D eigenvalue weighted by atomic mass is 16.5. The van der Waals surface area contributed by atoms with Gasteiger partial charge in [-0.1, -0.05) is 0 Å². The smallest absolute Gasteiger partial charge is 0.370 e. The van der Waals surface area contributed by atoms with Gasteiger partial charge in [0.1, 0.15) is 24.4 Å². The van der Waals surface area contributed by atoms with Gasteiger partial charge in [-0.15, -0.1) is 0 Å². The molecule has 1 aliphatic rings. The molecule has 8 nitrogen and oxygen atoms in total. The molecule has 98 valence electrons. The Morgan fingerprint density at radius 1 is 1.41 bits per heavy atom. The van der Waals surface area contributed by atoms with Gasteiger partial charge in [0.15, 0.2) is 6.10 Å². The van der Waals surface area contributed by atoms with Crippen molar-refractivity contribution in [3.63, 3.8) is 0 Å². The molecule has 0 fully saturated rings. The molecule has 1 rings (SSSR count). The number of carboxylic acids is 1. The van der Waals surface area contributed by atoms with Crippen LogP contribution in [0.25, 0.3) is 0 Å². The van der Waals surface area contributed by atoms with Crippen molar-refractivity contribution in [1.82, 2.24) is 0 Å². The van der Waals surface area contributed by atoms with Crippen LogP contribution in [-0.2, 0) is 9.53 Å². The SMILES string of the molecule is O=C(O)C1=C[C@H](O)[C@@H](O)[C@H]([C@@H](O)[C@@H](O)CO)O1. The Kier molecular flexibility index (Phi) is 4.43. The van der Waals surface area contributed by atoms with E-state index in [-0.39, 0.29) is 0 Å². The van der Waals surface area contributed by atoms with Gasteiger partial charge in [-0.3, -0.25) is 0 Å². The molecule has 1 aliphatic heterocycles. The Morgan fingerprint density at radius 2 is 2.00 bits per heavy atom. The van der Waals surface area contributed by atoms with Gasteiger partial charge in [-0.2, -0.15) is 0 Å². The number of aliphatic hydroxyl groups is 5. The van der Waals surface area contributed by atoms with Crippen LogP contribution < -0.4 is 0 Å². The Balaban J connectivity index is 2.87. The van der Waals surface area contributed by atoms with Gasteiger partial charge < -0.3 is 35.4 Å². The fraction of sp³-hybridized carbons (Fsp3) is 0.667. The minimum atomic E-state index is -1.73. The standard InChI is InChI=1S/C9H14O8/c10-2-4(12)7(14)8-6(13)3(11)1-5(17-8)9(15)16/h1,3-4,6-8,10-14H,2H2,(H,15,16)/t3-,4-,6+,7-,8+/m0/s1. The first-order valence-electron chi connectivity index (χ1n) is 4.83. The van der Waals surface area contributed by atoms with Crippen molar-refractivity contribution in [3.05, 3.63) is 11.8 Å². The Bertz CT molecular complexity index is 314. The molecule has 0 aromatic heterocycles. The van der Waals surface area contributed by atoms with E-state index in [4.69, 9.17) is 20.1 Å². The van der Waals surface area contributed by atoms with Crippen molar-refractivity contribution in [2.45, 2.75) is 30.5 Å². The number of hydrogen-bond acceptors (Lipinski definition) is 7. The lowest BCUT2D eigenvalue weighted by Crippen LogP contribution is -2.53. The largest absolute Gasteiger partial charge is 0.478 e. The third kappa shape index (κ3) is 2.93. The Hall–Kier alpha value is -1.19.